The van der Waals surface area contributed by atoms with Crippen LogP contribution in [-0.4, -0.2) is 34.0 Å². The summed E-state index contributed by atoms with van der Waals surface area (Å²) < 4.78 is 26.8. The minimum absolute atomic E-state index is 0.0382. The van der Waals surface area contributed by atoms with Crippen LogP contribution >= 0.6 is 11.3 Å². The monoisotopic (exact) mass is 419 g/mol. The van der Waals surface area contributed by atoms with Crippen molar-refractivity contribution in [2.75, 3.05) is 6.61 Å². The Morgan fingerprint density at radius 1 is 1.28 bits per heavy atom. The highest BCUT2D eigenvalue weighted by Crippen LogP contribution is 2.46. The fourth-order valence-corrected chi connectivity index (χ4v) is 6.06. The summed E-state index contributed by atoms with van der Waals surface area (Å²) in [5.41, 5.74) is 2.56. The molecule has 3 aliphatic rings. The zero-order valence-electron chi connectivity index (χ0n) is 16.2. The predicted octanol–water partition coefficient (Wildman–Crippen LogP) is 3.56. The number of benzene rings is 1. The molecule has 2 aliphatic carbocycles. The van der Waals surface area contributed by atoms with Crippen molar-refractivity contribution in [2.45, 2.75) is 63.4 Å². The highest BCUT2D eigenvalue weighted by Gasteiger charge is 2.47. The fraction of sp³-hybridized carbons (Fsp3) is 0.591. The molecule has 2 N–H and O–H groups in total. The van der Waals surface area contributed by atoms with Crippen LogP contribution in [0.2, 0.25) is 0 Å². The number of aryl methyl sites for hydroxylation is 1. The van der Waals surface area contributed by atoms with E-state index in [1.165, 1.54) is 11.3 Å². The van der Waals surface area contributed by atoms with Crippen LogP contribution < -0.4 is 4.74 Å². The lowest BCUT2D eigenvalue weighted by Crippen LogP contribution is -2.33. The number of hydrogen-bond acceptors (Lipinski definition) is 6. The predicted molar refractivity (Wildman–Crippen MR) is 106 cm³/mol. The average Bonchev–Trinajstić information content (AvgIpc) is 3.45. The molecule has 0 bridgehead atoms. The van der Waals surface area contributed by atoms with Crippen molar-refractivity contribution in [1.82, 2.24) is 4.98 Å². The Morgan fingerprint density at radius 2 is 2.17 bits per heavy atom. The Morgan fingerprint density at radius 3 is 3.00 bits per heavy atom. The molecule has 0 amide bonds. The average molecular weight is 420 g/mol. The quantitative estimate of drug-likeness (QED) is 0.775. The first-order valence-corrected chi connectivity index (χ1v) is 11.3. The zero-order chi connectivity index (χ0) is 20.0. The van der Waals surface area contributed by atoms with Gasteiger partial charge in [-0.15, -0.1) is 11.3 Å². The Hall–Kier alpha value is -1.54. The maximum atomic E-state index is 14.7. The Balaban J connectivity index is 1.24. The van der Waals surface area contributed by atoms with Crippen LogP contribution in [0.25, 0.3) is 0 Å². The summed E-state index contributed by atoms with van der Waals surface area (Å²) in [6, 6.07) is 3.70. The molecule has 0 radical (unpaired) electrons. The minimum Gasteiger partial charge on any atom is -0.490 e. The molecule has 0 spiro atoms. The van der Waals surface area contributed by atoms with Crippen molar-refractivity contribution in [2.24, 2.45) is 11.8 Å². The first kappa shape index (κ1) is 19.4. The number of halogens is 1. The van der Waals surface area contributed by atoms with Gasteiger partial charge in [0.2, 0.25) is 0 Å². The first-order valence-electron chi connectivity index (χ1n) is 10.5. The van der Waals surface area contributed by atoms with Gasteiger partial charge in [0.1, 0.15) is 11.1 Å². The molecule has 156 valence electrons. The largest absolute Gasteiger partial charge is 0.490 e. The van der Waals surface area contributed by atoms with Gasteiger partial charge in [0.05, 0.1) is 31.1 Å². The van der Waals surface area contributed by atoms with Gasteiger partial charge < -0.3 is 19.7 Å². The molecule has 5 nitrogen and oxygen atoms in total. The van der Waals surface area contributed by atoms with Gasteiger partial charge in [0, 0.05) is 17.7 Å². The number of nitrogens with zero attached hydrogens (tertiary/aromatic N) is 1. The molecular formula is C22H26FNO4S. The normalized spacial score (nSPS) is 30.9. The molecule has 1 aromatic heterocycles. The number of aromatic nitrogens is 1. The van der Waals surface area contributed by atoms with Gasteiger partial charge in [0.15, 0.2) is 11.6 Å². The van der Waals surface area contributed by atoms with Crippen LogP contribution in [0.1, 0.15) is 53.6 Å². The number of aliphatic hydroxyl groups is 2. The second-order valence-electron chi connectivity index (χ2n) is 8.39. The molecular weight excluding hydrogens is 393 g/mol. The summed E-state index contributed by atoms with van der Waals surface area (Å²) in [6.07, 6.45) is 4.40. The third kappa shape index (κ3) is 3.58. The molecule has 1 aliphatic heterocycles. The van der Waals surface area contributed by atoms with Crippen LogP contribution in [0.5, 0.6) is 5.75 Å². The van der Waals surface area contributed by atoms with Gasteiger partial charge in [-0.05, 0) is 55.2 Å². The van der Waals surface area contributed by atoms with E-state index >= 15 is 0 Å². The SMILES string of the molecule is OCc1csc([C@H]2CC[C@@H]3[C@@H](COc4ccc5c(c4F)CCC5)[C@H](O)C[C@@H]3O2)n1. The fourth-order valence-electron chi connectivity index (χ4n) is 5.18. The smallest absolute Gasteiger partial charge is 0.168 e. The van der Waals surface area contributed by atoms with Gasteiger partial charge in [-0.3, -0.25) is 0 Å². The lowest BCUT2D eigenvalue weighted by molar-refractivity contribution is -0.0812. The third-order valence-electron chi connectivity index (χ3n) is 6.71. The molecule has 0 unspecified atom stereocenters. The van der Waals surface area contributed by atoms with E-state index in [1.807, 2.05) is 11.4 Å². The summed E-state index contributed by atoms with van der Waals surface area (Å²) in [5, 5.41) is 22.6. The number of thiazole rings is 1. The van der Waals surface area contributed by atoms with E-state index in [2.05, 4.69) is 4.98 Å². The number of ether oxygens (including phenoxy) is 2. The van der Waals surface area contributed by atoms with Crippen molar-refractivity contribution in [3.05, 3.63) is 45.2 Å². The van der Waals surface area contributed by atoms with Crippen LogP contribution in [0.4, 0.5) is 4.39 Å². The third-order valence-corrected chi connectivity index (χ3v) is 7.70. The van der Waals surface area contributed by atoms with Crippen LogP contribution in [0.15, 0.2) is 17.5 Å². The van der Waals surface area contributed by atoms with Crippen LogP contribution in [-0.2, 0) is 24.2 Å². The highest BCUT2D eigenvalue weighted by atomic mass is 32.1. The molecule has 5 rings (SSSR count). The molecule has 7 heteroatoms. The van der Waals surface area contributed by atoms with Gasteiger partial charge in [-0.1, -0.05) is 6.07 Å². The van der Waals surface area contributed by atoms with Crippen molar-refractivity contribution in [1.29, 1.82) is 0 Å². The molecule has 2 aromatic rings. The maximum absolute atomic E-state index is 14.7. The lowest BCUT2D eigenvalue weighted by atomic mass is 9.87. The molecule has 1 saturated carbocycles. The molecule has 1 saturated heterocycles. The number of aliphatic hydroxyl groups excluding tert-OH is 2. The number of fused-ring (bicyclic) bond motifs is 2. The Bertz CT molecular complexity index is 888. The minimum atomic E-state index is -0.509. The highest BCUT2D eigenvalue weighted by molar-refractivity contribution is 7.09. The molecule has 29 heavy (non-hydrogen) atoms. The molecule has 2 fully saturated rings. The van der Waals surface area contributed by atoms with Crippen molar-refractivity contribution >= 4 is 11.3 Å². The molecule has 2 heterocycles. The topological polar surface area (TPSA) is 71.8 Å². The van der Waals surface area contributed by atoms with E-state index in [1.54, 1.807) is 6.07 Å². The van der Waals surface area contributed by atoms with Crippen LogP contribution in [0, 0.1) is 17.7 Å². The first-order chi connectivity index (χ1) is 14.1. The van der Waals surface area contributed by atoms with Gasteiger partial charge >= 0.3 is 0 Å². The molecule has 1 aromatic carbocycles. The Labute approximate surface area is 173 Å². The van der Waals surface area contributed by atoms with Crippen molar-refractivity contribution in [3.8, 4) is 5.75 Å². The molecule has 5 atom stereocenters. The number of rotatable bonds is 5. The summed E-state index contributed by atoms with van der Waals surface area (Å²) in [6.45, 7) is 0.241. The Kier molecular flexibility index (Phi) is 5.32. The standard InChI is InChI=1S/C22H26FNO4S/c23-21-14-3-1-2-12(14)4-6-18(21)27-10-16-15-5-7-19(28-20(15)8-17(16)26)22-24-13(9-25)11-29-22/h4,6,11,15-17,19-20,25-26H,1-3,5,7-10H2/t15-,16-,17-,19-,20+/m1/s1. The summed E-state index contributed by atoms with van der Waals surface area (Å²) >= 11 is 1.51. The van der Waals surface area contributed by atoms with Gasteiger partial charge in [-0.2, -0.15) is 0 Å². The maximum Gasteiger partial charge on any atom is 0.168 e. The summed E-state index contributed by atoms with van der Waals surface area (Å²) in [5.74, 6) is 0.219. The van der Waals surface area contributed by atoms with Crippen molar-refractivity contribution < 1.29 is 24.1 Å². The lowest BCUT2D eigenvalue weighted by Gasteiger charge is -2.33. The second kappa shape index (κ2) is 7.95. The van der Waals surface area contributed by atoms with Gasteiger partial charge in [0.25, 0.3) is 0 Å². The van der Waals surface area contributed by atoms with E-state index in [4.69, 9.17) is 9.47 Å². The summed E-state index contributed by atoms with van der Waals surface area (Å²) in [4.78, 5) is 4.43. The van der Waals surface area contributed by atoms with Gasteiger partial charge in [-0.25, -0.2) is 9.37 Å². The van der Waals surface area contributed by atoms with E-state index in [0.717, 1.165) is 48.2 Å². The van der Waals surface area contributed by atoms with E-state index < -0.39 is 6.10 Å². The van der Waals surface area contributed by atoms with E-state index in [-0.39, 0.29) is 36.5 Å². The second-order valence-corrected chi connectivity index (χ2v) is 9.28. The van der Waals surface area contributed by atoms with Crippen molar-refractivity contribution in [3.63, 3.8) is 0 Å². The van der Waals surface area contributed by atoms with Crippen LogP contribution in [0.3, 0.4) is 0 Å². The van der Waals surface area contributed by atoms with E-state index in [0.29, 0.717) is 24.5 Å². The number of hydrogen-bond donors (Lipinski definition) is 2. The summed E-state index contributed by atoms with van der Waals surface area (Å²) in [7, 11) is 0. The van der Waals surface area contributed by atoms with E-state index in [9.17, 15) is 14.6 Å². The zero-order valence-corrected chi connectivity index (χ0v) is 17.0.